The lowest BCUT2D eigenvalue weighted by atomic mass is 10.0. The second kappa shape index (κ2) is 11.4. The van der Waals surface area contributed by atoms with Crippen molar-refractivity contribution in [3.8, 4) is 0 Å². The minimum atomic E-state index is -0.583. The average molecular weight is 400 g/mol. The van der Waals surface area contributed by atoms with Gasteiger partial charge in [-0.2, -0.15) is 0 Å². The van der Waals surface area contributed by atoms with Crippen LogP contribution in [0.3, 0.4) is 0 Å². The van der Waals surface area contributed by atoms with Crippen molar-refractivity contribution in [2.24, 2.45) is 5.92 Å². The maximum atomic E-state index is 12.9. The fraction of sp³-hybridized carbons (Fsp3) is 0.478. The van der Waals surface area contributed by atoms with E-state index in [1.54, 1.807) is 6.26 Å². The summed E-state index contributed by atoms with van der Waals surface area (Å²) in [6.07, 6.45) is 1.90. The topological polar surface area (TPSA) is 74.6 Å². The van der Waals surface area contributed by atoms with Gasteiger partial charge >= 0.3 is 0 Å². The summed E-state index contributed by atoms with van der Waals surface area (Å²) in [6.45, 7) is 10.1. The summed E-state index contributed by atoms with van der Waals surface area (Å²) in [6, 6.07) is 12.7. The van der Waals surface area contributed by atoms with E-state index >= 15 is 0 Å². The Morgan fingerprint density at radius 3 is 2.28 bits per heavy atom. The molecule has 0 fully saturated rings. The van der Waals surface area contributed by atoms with Gasteiger partial charge in [-0.05, 0) is 36.7 Å². The molecule has 158 valence electrons. The van der Waals surface area contributed by atoms with Crippen LogP contribution in [0.4, 0.5) is 0 Å². The molecule has 0 aliphatic carbocycles. The van der Waals surface area contributed by atoms with Gasteiger partial charge in [-0.1, -0.05) is 58.0 Å². The zero-order valence-corrected chi connectivity index (χ0v) is 17.9. The molecule has 2 rings (SSSR count). The highest BCUT2D eigenvalue weighted by Gasteiger charge is 2.27. The summed E-state index contributed by atoms with van der Waals surface area (Å²) in [4.78, 5) is 27.5. The summed E-state index contributed by atoms with van der Waals surface area (Å²) < 4.78 is 5.59. The maximum Gasteiger partial charge on any atom is 0.242 e. The maximum absolute atomic E-state index is 12.9. The lowest BCUT2D eigenvalue weighted by Gasteiger charge is -2.29. The first kappa shape index (κ1) is 22.7. The summed E-state index contributed by atoms with van der Waals surface area (Å²) >= 11 is 0. The zero-order valence-electron chi connectivity index (χ0n) is 17.9. The molecule has 1 heterocycles. The Morgan fingerprint density at radius 2 is 1.72 bits per heavy atom. The van der Waals surface area contributed by atoms with E-state index in [1.165, 1.54) is 0 Å². The number of carbonyl (C=O) groups is 2. The minimum Gasteiger partial charge on any atom is -0.468 e. The van der Waals surface area contributed by atoms with Crippen LogP contribution in [-0.2, 0) is 16.0 Å². The van der Waals surface area contributed by atoms with E-state index in [-0.39, 0.29) is 30.2 Å². The van der Waals surface area contributed by atoms with Crippen LogP contribution in [-0.4, -0.2) is 42.4 Å². The molecule has 0 aliphatic heterocycles. The van der Waals surface area contributed by atoms with Crippen molar-refractivity contribution in [1.29, 1.82) is 0 Å². The Balaban J connectivity index is 1.99. The molecule has 0 bridgehead atoms. The van der Waals surface area contributed by atoms with Gasteiger partial charge in [-0.15, -0.1) is 0 Å². The van der Waals surface area contributed by atoms with Crippen molar-refractivity contribution in [1.82, 2.24) is 15.5 Å². The van der Waals surface area contributed by atoms with Gasteiger partial charge in [-0.3, -0.25) is 14.5 Å². The van der Waals surface area contributed by atoms with Crippen LogP contribution >= 0.6 is 0 Å². The molecule has 2 N–H and O–H groups in total. The third-order valence-electron chi connectivity index (χ3n) is 5.07. The second-order valence-electron chi connectivity index (χ2n) is 7.45. The van der Waals surface area contributed by atoms with Gasteiger partial charge in [0.1, 0.15) is 11.8 Å². The molecule has 6 nitrogen and oxygen atoms in total. The Labute approximate surface area is 173 Å². The number of hydrogen-bond acceptors (Lipinski definition) is 4. The van der Waals surface area contributed by atoms with Crippen LogP contribution < -0.4 is 10.6 Å². The molecule has 0 spiro atoms. The molecule has 2 aromatic rings. The first-order valence-electron chi connectivity index (χ1n) is 10.3. The third-order valence-corrected chi connectivity index (χ3v) is 5.07. The number of nitrogens with zero attached hydrogens (tertiary/aromatic N) is 1. The van der Waals surface area contributed by atoms with E-state index in [2.05, 4.69) is 29.4 Å². The van der Waals surface area contributed by atoms with Gasteiger partial charge in [0.2, 0.25) is 11.8 Å². The van der Waals surface area contributed by atoms with Crippen molar-refractivity contribution < 1.29 is 14.0 Å². The molecule has 29 heavy (non-hydrogen) atoms. The first-order chi connectivity index (χ1) is 14.0. The molecule has 0 saturated carbocycles. The summed E-state index contributed by atoms with van der Waals surface area (Å²) in [5.74, 6) is 0.468. The van der Waals surface area contributed by atoms with Gasteiger partial charge in [0, 0.05) is 6.54 Å². The lowest BCUT2D eigenvalue weighted by Crippen LogP contribution is -2.51. The monoisotopic (exact) mass is 399 g/mol. The molecule has 2 atom stereocenters. The quantitative estimate of drug-likeness (QED) is 0.609. The largest absolute Gasteiger partial charge is 0.468 e. The normalized spacial score (nSPS) is 13.3. The van der Waals surface area contributed by atoms with Crippen LogP contribution in [0.2, 0.25) is 0 Å². The highest BCUT2D eigenvalue weighted by Crippen LogP contribution is 2.20. The van der Waals surface area contributed by atoms with Crippen LogP contribution in [0.1, 0.15) is 45.1 Å². The van der Waals surface area contributed by atoms with Gasteiger partial charge in [-0.25, -0.2) is 0 Å². The second-order valence-corrected chi connectivity index (χ2v) is 7.45. The lowest BCUT2D eigenvalue weighted by molar-refractivity contribution is -0.130. The van der Waals surface area contributed by atoms with Crippen molar-refractivity contribution in [3.05, 3.63) is 60.1 Å². The van der Waals surface area contributed by atoms with Gasteiger partial charge < -0.3 is 15.1 Å². The zero-order chi connectivity index (χ0) is 21.2. The highest BCUT2D eigenvalue weighted by atomic mass is 16.3. The highest BCUT2D eigenvalue weighted by molar-refractivity contribution is 5.88. The summed E-state index contributed by atoms with van der Waals surface area (Å²) in [7, 11) is 0. The van der Waals surface area contributed by atoms with E-state index in [9.17, 15) is 9.59 Å². The standard InChI is InChI=1S/C23H33N3O3/c1-5-26(6-2)19(20-13-10-14-29-20)16-24-23(28)22(17(3)4)25-21(27)15-18-11-8-7-9-12-18/h7-14,17,19,22H,5-6,15-16H2,1-4H3,(H,24,28)(H,25,27). The number of furan rings is 1. The SMILES string of the molecule is CCN(CC)C(CNC(=O)C(NC(=O)Cc1ccccc1)C(C)C)c1ccco1. The Kier molecular flexibility index (Phi) is 8.93. The number of hydrogen-bond donors (Lipinski definition) is 2. The van der Waals surface area contributed by atoms with Crippen molar-refractivity contribution >= 4 is 11.8 Å². The van der Waals surface area contributed by atoms with E-state index in [0.29, 0.717) is 6.54 Å². The number of benzene rings is 1. The predicted molar refractivity (Wildman–Crippen MR) is 114 cm³/mol. The number of rotatable bonds is 11. The Morgan fingerprint density at radius 1 is 1.03 bits per heavy atom. The molecule has 0 saturated heterocycles. The molecule has 0 aliphatic rings. The summed E-state index contributed by atoms with van der Waals surface area (Å²) in [5, 5.41) is 5.91. The van der Waals surface area contributed by atoms with E-state index in [4.69, 9.17) is 4.42 Å². The van der Waals surface area contributed by atoms with Crippen LogP contribution in [0.5, 0.6) is 0 Å². The molecular weight excluding hydrogens is 366 g/mol. The fourth-order valence-corrected chi connectivity index (χ4v) is 3.40. The number of nitrogens with one attached hydrogen (secondary N) is 2. The molecular formula is C23H33N3O3. The van der Waals surface area contributed by atoms with E-state index < -0.39 is 6.04 Å². The smallest absolute Gasteiger partial charge is 0.242 e. The molecule has 6 heteroatoms. The van der Waals surface area contributed by atoms with Crippen molar-refractivity contribution in [2.45, 2.75) is 46.2 Å². The van der Waals surface area contributed by atoms with Crippen LogP contribution in [0.15, 0.2) is 53.1 Å². The van der Waals surface area contributed by atoms with Crippen molar-refractivity contribution in [3.63, 3.8) is 0 Å². The van der Waals surface area contributed by atoms with E-state index in [0.717, 1.165) is 24.4 Å². The molecule has 1 aromatic heterocycles. The summed E-state index contributed by atoms with van der Waals surface area (Å²) in [5.41, 5.74) is 0.923. The van der Waals surface area contributed by atoms with Gasteiger partial charge in [0.15, 0.2) is 0 Å². The van der Waals surface area contributed by atoms with Crippen LogP contribution in [0, 0.1) is 5.92 Å². The molecule has 2 unspecified atom stereocenters. The third kappa shape index (κ3) is 6.75. The molecule has 0 radical (unpaired) electrons. The Bertz CT molecular complexity index is 740. The van der Waals surface area contributed by atoms with Crippen molar-refractivity contribution in [2.75, 3.05) is 19.6 Å². The number of carbonyl (C=O) groups excluding carboxylic acids is 2. The number of amides is 2. The Hall–Kier alpha value is -2.60. The molecule has 2 amide bonds. The fourth-order valence-electron chi connectivity index (χ4n) is 3.40. The number of likely N-dealkylation sites (N-methyl/N-ethyl adjacent to an activating group) is 1. The van der Waals surface area contributed by atoms with Gasteiger partial charge in [0.25, 0.3) is 0 Å². The predicted octanol–water partition coefficient (Wildman–Crippen LogP) is 3.16. The average Bonchev–Trinajstić information content (AvgIpc) is 3.24. The van der Waals surface area contributed by atoms with E-state index in [1.807, 2.05) is 56.3 Å². The molecule has 1 aromatic carbocycles. The van der Waals surface area contributed by atoms with Gasteiger partial charge in [0.05, 0.1) is 18.7 Å². The van der Waals surface area contributed by atoms with Crippen LogP contribution in [0.25, 0.3) is 0 Å². The first-order valence-corrected chi connectivity index (χ1v) is 10.3. The minimum absolute atomic E-state index is 0.0229.